The first-order valence-corrected chi connectivity index (χ1v) is 8.83. The number of allylic oxidation sites excluding steroid dienone is 1. The number of nitrogens with one attached hydrogen (secondary N) is 2. The highest BCUT2D eigenvalue weighted by molar-refractivity contribution is 8.03. The summed E-state index contributed by atoms with van der Waals surface area (Å²) in [6.45, 7) is 4.00. The maximum atomic E-state index is 13.0. The van der Waals surface area contributed by atoms with Gasteiger partial charge in [0.2, 0.25) is 0 Å². The fraction of sp³-hybridized carbons (Fsp3) is 0.235. The predicted octanol–water partition coefficient (Wildman–Crippen LogP) is 3.12. The van der Waals surface area contributed by atoms with Gasteiger partial charge in [-0.3, -0.25) is 0 Å². The Kier molecular flexibility index (Phi) is 6.49. The molecule has 2 heterocycles. The molecule has 6 nitrogen and oxygen atoms in total. The minimum atomic E-state index is -0.244. The van der Waals surface area contributed by atoms with Gasteiger partial charge < -0.3 is 22.2 Å². The molecule has 3 rings (SSSR count). The van der Waals surface area contributed by atoms with E-state index in [-0.39, 0.29) is 11.2 Å². The third-order valence-corrected chi connectivity index (χ3v) is 4.71. The van der Waals surface area contributed by atoms with Gasteiger partial charge in [-0.1, -0.05) is 37.7 Å². The summed E-state index contributed by atoms with van der Waals surface area (Å²) in [5.41, 5.74) is 16.6. The highest BCUT2D eigenvalue weighted by atomic mass is 32.2. The van der Waals surface area contributed by atoms with Crippen molar-refractivity contribution in [3.05, 3.63) is 58.4 Å². The van der Waals surface area contributed by atoms with Crippen molar-refractivity contribution in [3.8, 4) is 0 Å². The number of aromatic nitrogens is 1. The molecule has 1 unspecified atom stereocenters. The second kappa shape index (κ2) is 8.59. The lowest BCUT2D eigenvalue weighted by atomic mass is 10.1. The minimum absolute atomic E-state index is 0.0538. The van der Waals surface area contributed by atoms with Crippen molar-refractivity contribution in [2.45, 2.75) is 25.6 Å². The van der Waals surface area contributed by atoms with E-state index in [1.165, 1.54) is 12.1 Å². The second-order valence-corrected chi connectivity index (χ2v) is 6.35. The van der Waals surface area contributed by atoms with Crippen LogP contribution < -0.4 is 28.1 Å². The van der Waals surface area contributed by atoms with Gasteiger partial charge in [-0.2, -0.15) is 0 Å². The van der Waals surface area contributed by atoms with Crippen LogP contribution in [-0.2, 0) is 6.42 Å². The van der Waals surface area contributed by atoms with E-state index in [0.717, 1.165) is 16.0 Å². The third-order valence-electron chi connectivity index (χ3n) is 3.50. The zero-order valence-electron chi connectivity index (χ0n) is 14.2. The molecule has 0 bridgehead atoms. The fourth-order valence-corrected chi connectivity index (χ4v) is 3.46. The van der Waals surface area contributed by atoms with Crippen molar-refractivity contribution in [2.75, 3.05) is 16.9 Å². The number of nitrogen functional groups attached to an aromatic ring is 3. The molecule has 0 saturated heterocycles. The minimum Gasteiger partial charge on any atom is -0.395 e. The molecular weight excluding hydrogens is 339 g/mol. The molecule has 1 aromatic heterocycles. The first-order valence-electron chi connectivity index (χ1n) is 7.95. The fourth-order valence-electron chi connectivity index (χ4n) is 2.36. The molecule has 1 aromatic carbocycles. The number of hydrazine groups is 1. The van der Waals surface area contributed by atoms with E-state index in [4.69, 9.17) is 17.3 Å². The summed E-state index contributed by atoms with van der Waals surface area (Å²) < 4.78 is 13.0. The quantitative estimate of drug-likeness (QED) is 0.419. The van der Waals surface area contributed by atoms with E-state index >= 15 is 0 Å². The molecule has 1 aliphatic heterocycles. The summed E-state index contributed by atoms with van der Waals surface area (Å²) in [4.78, 5) is 5.13. The Morgan fingerprint density at radius 2 is 1.92 bits per heavy atom. The van der Waals surface area contributed by atoms with Crippen molar-refractivity contribution in [3.63, 3.8) is 0 Å². The van der Waals surface area contributed by atoms with E-state index in [0.29, 0.717) is 23.7 Å². The smallest absolute Gasteiger partial charge is 0.165 e. The van der Waals surface area contributed by atoms with E-state index in [1.54, 1.807) is 30.0 Å². The van der Waals surface area contributed by atoms with Crippen molar-refractivity contribution in [1.29, 1.82) is 0 Å². The lowest BCUT2D eigenvalue weighted by Gasteiger charge is -2.13. The summed E-state index contributed by atoms with van der Waals surface area (Å²) in [5, 5.41) is 3.33. The molecule has 2 aromatic rings. The van der Waals surface area contributed by atoms with E-state index < -0.39 is 0 Å². The highest BCUT2D eigenvalue weighted by Crippen LogP contribution is 2.39. The normalized spacial score (nSPS) is 15.7. The van der Waals surface area contributed by atoms with Crippen molar-refractivity contribution in [2.24, 2.45) is 5.84 Å². The summed E-state index contributed by atoms with van der Waals surface area (Å²) in [6.07, 6.45) is 2.55. The molecule has 0 amide bonds. The first kappa shape index (κ1) is 18.9. The van der Waals surface area contributed by atoms with E-state index in [2.05, 4.69) is 15.7 Å². The Bertz CT molecular complexity index is 748. The third kappa shape index (κ3) is 4.55. The van der Waals surface area contributed by atoms with E-state index in [9.17, 15) is 4.39 Å². The van der Waals surface area contributed by atoms with Gasteiger partial charge in [0.25, 0.3) is 0 Å². The van der Waals surface area contributed by atoms with Crippen LogP contribution in [0.25, 0.3) is 0 Å². The predicted molar refractivity (Wildman–Crippen MR) is 104 cm³/mol. The van der Waals surface area contributed by atoms with Gasteiger partial charge in [-0.05, 0) is 29.3 Å². The Hall–Kier alpha value is -2.45. The number of nitrogens with two attached hydrogens (primary N) is 3. The summed E-state index contributed by atoms with van der Waals surface area (Å²) >= 11 is 1.65. The number of anilines is 3. The second-order valence-electron chi connectivity index (χ2n) is 5.12. The molecule has 8 heteroatoms. The maximum absolute atomic E-state index is 13.0. The number of halogens is 1. The number of pyridine rings is 1. The number of thioether (sulfide) groups is 1. The van der Waals surface area contributed by atoms with Gasteiger partial charge in [0.1, 0.15) is 17.0 Å². The highest BCUT2D eigenvalue weighted by Gasteiger charge is 2.20. The number of hydrogen-bond acceptors (Lipinski definition) is 7. The molecule has 25 heavy (non-hydrogen) atoms. The van der Waals surface area contributed by atoms with Crippen molar-refractivity contribution >= 4 is 29.1 Å². The van der Waals surface area contributed by atoms with Crippen LogP contribution in [0.2, 0.25) is 0 Å². The molecule has 0 spiro atoms. The van der Waals surface area contributed by atoms with Gasteiger partial charge in [0, 0.05) is 17.5 Å². The van der Waals surface area contributed by atoms with E-state index in [1.807, 2.05) is 20.0 Å². The summed E-state index contributed by atoms with van der Waals surface area (Å²) in [6, 6.07) is 8.19. The number of hydrogen-bond donors (Lipinski definition) is 5. The zero-order chi connectivity index (χ0) is 18.4. The monoisotopic (exact) mass is 362 g/mol. The Morgan fingerprint density at radius 1 is 1.24 bits per heavy atom. The summed E-state index contributed by atoms with van der Waals surface area (Å²) in [5.74, 6) is 5.87. The van der Waals surface area contributed by atoms with Crippen LogP contribution in [0.15, 0.2) is 41.4 Å². The van der Waals surface area contributed by atoms with Crippen molar-refractivity contribution < 1.29 is 4.39 Å². The molecule has 134 valence electrons. The topological polar surface area (TPSA) is 115 Å². The Balaban J connectivity index is 0.00000109. The van der Waals surface area contributed by atoms with Crippen LogP contribution in [0.5, 0.6) is 0 Å². The average Bonchev–Trinajstić information content (AvgIpc) is 3.08. The van der Waals surface area contributed by atoms with Gasteiger partial charge in [-0.25, -0.2) is 15.2 Å². The molecule has 1 aliphatic rings. The largest absolute Gasteiger partial charge is 0.395 e. The maximum Gasteiger partial charge on any atom is 0.165 e. The van der Waals surface area contributed by atoms with Crippen LogP contribution in [0.4, 0.5) is 21.7 Å². The lowest BCUT2D eigenvalue weighted by molar-refractivity contribution is 0.626. The molecule has 8 N–H and O–H groups in total. The Morgan fingerprint density at radius 3 is 2.56 bits per heavy atom. The molecule has 0 radical (unpaired) electrons. The molecule has 0 fully saturated rings. The van der Waals surface area contributed by atoms with Crippen LogP contribution in [-0.4, -0.2) is 4.98 Å². The standard InChI is InChI=1S/C15H17FN6S.C2H6/c16-10-3-1-8(2-4-10)15-20-7-11(23-15)5-9-6-12(17)21-14(22-19)13(9)18;1-2/h1-4,6-7,15,20H,5,18-19H2,(H3,17,21,22);1-2H3. The van der Waals surface area contributed by atoms with Gasteiger partial charge in [0.15, 0.2) is 5.82 Å². The molecule has 1 atom stereocenters. The lowest BCUT2D eigenvalue weighted by Crippen LogP contribution is -2.13. The van der Waals surface area contributed by atoms with Gasteiger partial charge >= 0.3 is 0 Å². The van der Waals surface area contributed by atoms with Crippen LogP contribution in [0.1, 0.15) is 30.3 Å². The first-order chi connectivity index (χ1) is 12.1. The SMILES string of the molecule is CC.NNc1nc(N)cc(CC2=CNC(c3ccc(F)cc3)S2)c1N. The number of benzene rings is 1. The number of nitrogens with zero attached hydrogens (tertiary/aromatic N) is 1. The van der Waals surface area contributed by atoms with Gasteiger partial charge in [-0.15, -0.1) is 0 Å². The number of rotatable bonds is 4. The average molecular weight is 362 g/mol. The van der Waals surface area contributed by atoms with Crippen molar-refractivity contribution in [1.82, 2.24) is 10.3 Å². The zero-order valence-corrected chi connectivity index (χ0v) is 15.0. The van der Waals surface area contributed by atoms with Crippen LogP contribution >= 0.6 is 11.8 Å². The van der Waals surface area contributed by atoms with Crippen LogP contribution in [0, 0.1) is 5.82 Å². The summed E-state index contributed by atoms with van der Waals surface area (Å²) in [7, 11) is 0. The molecule has 0 saturated carbocycles. The van der Waals surface area contributed by atoms with Crippen LogP contribution in [0.3, 0.4) is 0 Å². The molecule has 0 aliphatic carbocycles. The Labute approximate surface area is 151 Å². The van der Waals surface area contributed by atoms with Gasteiger partial charge in [0.05, 0.1) is 5.69 Å². The molecular formula is C17H23FN6S.